The Bertz CT molecular complexity index is 900. The molecule has 0 aliphatic heterocycles. The van der Waals surface area contributed by atoms with Crippen molar-refractivity contribution in [3.63, 3.8) is 0 Å². The van der Waals surface area contributed by atoms with Crippen LogP contribution < -0.4 is 15.0 Å². The van der Waals surface area contributed by atoms with Gasteiger partial charge >= 0.3 is 0 Å². The third-order valence-electron chi connectivity index (χ3n) is 3.64. The molecule has 0 saturated carbocycles. The first-order valence-electron chi connectivity index (χ1n) is 8.12. The van der Waals surface area contributed by atoms with E-state index in [4.69, 9.17) is 9.47 Å². The van der Waals surface area contributed by atoms with Crippen LogP contribution in [0.4, 0.5) is 0 Å². The molecule has 0 aliphatic rings. The third kappa shape index (κ3) is 4.09. The first-order chi connectivity index (χ1) is 12.6. The van der Waals surface area contributed by atoms with Gasteiger partial charge in [-0.3, -0.25) is 4.79 Å². The summed E-state index contributed by atoms with van der Waals surface area (Å²) in [7, 11) is 1.55. The van der Waals surface area contributed by atoms with Gasteiger partial charge in [-0.2, -0.15) is 5.26 Å². The maximum Gasteiger partial charge on any atom is 0.270 e. The van der Waals surface area contributed by atoms with Crippen molar-refractivity contribution >= 4 is 11.8 Å². The van der Waals surface area contributed by atoms with Crippen LogP contribution in [0, 0.1) is 11.3 Å². The van der Waals surface area contributed by atoms with Crippen molar-refractivity contribution in [1.29, 1.82) is 5.26 Å². The number of benzene rings is 1. The molecule has 136 valence electrons. The summed E-state index contributed by atoms with van der Waals surface area (Å²) in [5.41, 5.74) is 1.32. The average molecular weight is 371 g/mol. The highest BCUT2D eigenvalue weighted by atomic mass is 32.2. The molecule has 0 radical (unpaired) electrons. The lowest BCUT2D eigenvalue weighted by Gasteiger charge is -2.16. The van der Waals surface area contributed by atoms with E-state index in [0.717, 1.165) is 12.0 Å². The molecule has 0 fully saturated rings. The number of thioether (sulfide) groups is 1. The van der Waals surface area contributed by atoms with Gasteiger partial charge < -0.3 is 14.5 Å². The standard InChI is InChI=1S/C19H21N3O3S/c1-5-7-12-9-13(10-15(24-3)17(12)25-8-6-2)16-14(11-20)18(23)22-19(21-16)26-4/h5,9-10H,1,6-8H2,2-4H3,(H,21,22,23). The Morgan fingerprint density at radius 2 is 2.23 bits per heavy atom. The predicted octanol–water partition coefficient (Wildman–Crippen LogP) is 3.56. The summed E-state index contributed by atoms with van der Waals surface area (Å²) in [4.78, 5) is 19.2. The number of hydrogen-bond donors (Lipinski definition) is 1. The number of rotatable bonds is 8. The third-order valence-corrected chi connectivity index (χ3v) is 4.22. The molecule has 1 heterocycles. The van der Waals surface area contributed by atoms with Crippen molar-refractivity contribution in [2.45, 2.75) is 24.9 Å². The normalized spacial score (nSPS) is 10.2. The van der Waals surface area contributed by atoms with Crippen LogP contribution in [0.1, 0.15) is 24.5 Å². The SMILES string of the molecule is C=CCc1cc(-c2nc(SC)[nH]c(=O)c2C#N)cc(OC)c1OCCC. The molecule has 2 rings (SSSR count). The second kappa shape index (κ2) is 9.11. The highest BCUT2D eigenvalue weighted by Gasteiger charge is 2.18. The molecule has 0 atom stereocenters. The minimum absolute atomic E-state index is 0.0309. The molecule has 7 heteroatoms. The average Bonchev–Trinajstić information content (AvgIpc) is 2.65. The van der Waals surface area contributed by atoms with E-state index in [-0.39, 0.29) is 5.56 Å². The quantitative estimate of drug-likeness (QED) is 0.434. The Kier molecular flexibility index (Phi) is 6.87. The molecule has 0 bridgehead atoms. The van der Waals surface area contributed by atoms with E-state index < -0.39 is 5.56 Å². The van der Waals surface area contributed by atoms with Gasteiger partial charge in [-0.25, -0.2) is 4.98 Å². The molecule has 0 unspecified atom stereocenters. The maximum absolute atomic E-state index is 12.2. The number of aromatic nitrogens is 2. The molecular formula is C19H21N3O3S. The Hall–Kier alpha value is -2.72. The van der Waals surface area contributed by atoms with E-state index in [1.807, 2.05) is 19.1 Å². The summed E-state index contributed by atoms with van der Waals surface area (Å²) in [5.74, 6) is 1.18. The summed E-state index contributed by atoms with van der Waals surface area (Å²) in [6.07, 6.45) is 4.99. The summed E-state index contributed by atoms with van der Waals surface area (Å²) >= 11 is 1.30. The first-order valence-corrected chi connectivity index (χ1v) is 9.35. The van der Waals surface area contributed by atoms with Gasteiger partial charge in [0.2, 0.25) is 0 Å². The van der Waals surface area contributed by atoms with Crippen molar-refractivity contribution in [1.82, 2.24) is 9.97 Å². The Labute approximate surface area is 156 Å². The number of ether oxygens (including phenoxy) is 2. The number of H-pyrrole nitrogens is 1. The second-order valence-electron chi connectivity index (χ2n) is 5.42. The van der Waals surface area contributed by atoms with E-state index in [2.05, 4.69) is 16.5 Å². The Morgan fingerprint density at radius 3 is 2.81 bits per heavy atom. The predicted molar refractivity (Wildman–Crippen MR) is 103 cm³/mol. The van der Waals surface area contributed by atoms with E-state index >= 15 is 0 Å². The minimum Gasteiger partial charge on any atom is -0.493 e. The fourth-order valence-electron chi connectivity index (χ4n) is 2.49. The number of nitrogens with one attached hydrogen (secondary N) is 1. The van der Waals surface area contributed by atoms with Gasteiger partial charge in [-0.05, 0) is 31.2 Å². The monoisotopic (exact) mass is 371 g/mol. The first kappa shape index (κ1) is 19.6. The van der Waals surface area contributed by atoms with Crippen molar-refractivity contribution in [3.05, 3.63) is 46.3 Å². The summed E-state index contributed by atoms with van der Waals surface area (Å²) < 4.78 is 11.3. The number of nitrogens with zero attached hydrogens (tertiary/aromatic N) is 2. The molecule has 26 heavy (non-hydrogen) atoms. The fraction of sp³-hybridized carbons (Fsp3) is 0.316. The lowest BCUT2D eigenvalue weighted by atomic mass is 10.0. The van der Waals surface area contributed by atoms with Crippen LogP contribution in [0.15, 0.2) is 34.7 Å². The van der Waals surface area contributed by atoms with Crippen LogP contribution in [0.25, 0.3) is 11.3 Å². The number of aromatic amines is 1. The van der Waals surface area contributed by atoms with Crippen LogP contribution in [0.5, 0.6) is 11.5 Å². The summed E-state index contributed by atoms with van der Waals surface area (Å²) in [5, 5.41) is 9.85. The maximum atomic E-state index is 12.2. The number of hydrogen-bond acceptors (Lipinski definition) is 6. The highest BCUT2D eigenvalue weighted by molar-refractivity contribution is 7.98. The van der Waals surface area contributed by atoms with Crippen LogP contribution in [0.2, 0.25) is 0 Å². The molecular weight excluding hydrogens is 350 g/mol. The zero-order valence-corrected chi connectivity index (χ0v) is 15.9. The van der Waals surface area contributed by atoms with Gasteiger partial charge in [0.05, 0.1) is 19.4 Å². The van der Waals surface area contributed by atoms with E-state index in [9.17, 15) is 10.1 Å². The van der Waals surface area contributed by atoms with Gasteiger partial charge in [-0.1, -0.05) is 24.8 Å². The summed E-state index contributed by atoms with van der Waals surface area (Å²) in [6, 6.07) is 5.55. The lowest BCUT2D eigenvalue weighted by molar-refractivity contribution is 0.292. The molecule has 1 aromatic heterocycles. The fourth-order valence-corrected chi connectivity index (χ4v) is 2.86. The van der Waals surface area contributed by atoms with Crippen molar-refractivity contribution in [2.24, 2.45) is 0 Å². The number of methoxy groups -OCH3 is 1. The topological polar surface area (TPSA) is 88.0 Å². The van der Waals surface area contributed by atoms with Crippen LogP contribution in [-0.2, 0) is 6.42 Å². The molecule has 0 saturated heterocycles. The molecule has 6 nitrogen and oxygen atoms in total. The van der Waals surface area contributed by atoms with E-state index in [1.54, 1.807) is 25.5 Å². The second-order valence-corrected chi connectivity index (χ2v) is 6.21. The van der Waals surface area contributed by atoms with Crippen LogP contribution in [-0.4, -0.2) is 29.9 Å². The molecule has 0 spiro atoms. The Morgan fingerprint density at radius 1 is 1.46 bits per heavy atom. The minimum atomic E-state index is -0.461. The van der Waals surface area contributed by atoms with Crippen LogP contribution >= 0.6 is 11.8 Å². The summed E-state index contributed by atoms with van der Waals surface area (Å²) in [6.45, 7) is 6.37. The van der Waals surface area contributed by atoms with Crippen molar-refractivity contribution < 1.29 is 9.47 Å². The molecule has 1 N–H and O–H groups in total. The van der Waals surface area contributed by atoms with E-state index in [0.29, 0.717) is 40.9 Å². The molecule has 2 aromatic rings. The number of nitriles is 1. The Balaban J connectivity index is 2.73. The van der Waals surface area contributed by atoms with Crippen molar-refractivity contribution in [3.8, 4) is 28.8 Å². The van der Waals surface area contributed by atoms with Gasteiger partial charge in [0.25, 0.3) is 5.56 Å². The van der Waals surface area contributed by atoms with Gasteiger partial charge in [0, 0.05) is 11.1 Å². The van der Waals surface area contributed by atoms with Crippen LogP contribution in [0.3, 0.4) is 0 Å². The zero-order chi connectivity index (χ0) is 19.1. The van der Waals surface area contributed by atoms with E-state index in [1.165, 1.54) is 11.8 Å². The van der Waals surface area contributed by atoms with Gasteiger partial charge in [0.1, 0.15) is 11.6 Å². The number of allylic oxidation sites excluding steroid dienone is 1. The van der Waals surface area contributed by atoms with Crippen molar-refractivity contribution in [2.75, 3.05) is 20.0 Å². The molecule has 1 aromatic carbocycles. The molecule has 0 amide bonds. The lowest BCUT2D eigenvalue weighted by Crippen LogP contribution is -2.14. The largest absolute Gasteiger partial charge is 0.493 e. The molecule has 0 aliphatic carbocycles. The van der Waals surface area contributed by atoms with Gasteiger partial charge in [-0.15, -0.1) is 6.58 Å². The zero-order valence-electron chi connectivity index (χ0n) is 15.1. The highest BCUT2D eigenvalue weighted by Crippen LogP contribution is 2.37. The van der Waals surface area contributed by atoms with Gasteiger partial charge in [0.15, 0.2) is 16.7 Å². The smallest absolute Gasteiger partial charge is 0.270 e.